The number of nitrogens with zero attached hydrogens (tertiary/aromatic N) is 2. The van der Waals surface area contributed by atoms with Gasteiger partial charge in [0.15, 0.2) is 11.5 Å². The highest BCUT2D eigenvalue weighted by atomic mass is 32.1. The van der Waals surface area contributed by atoms with E-state index in [1.54, 1.807) is 7.11 Å². The standard InChI is InChI=1S/C23H23N3O4S/c1-3-30-19-10-9-16(12-20(19)29-2)21-24-17(14-31-21)13-26-22(27)18(25-23(26)28)11-15-7-5-4-6-8-15/h4-10,12,14,18H,3,11,13H2,1-2H3,(H,25,28)/t18-/m0/s1. The molecule has 0 aliphatic carbocycles. The molecule has 0 unspecified atom stereocenters. The van der Waals surface area contributed by atoms with Crippen LogP contribution < -0.4 is 14.8 Å². The SMILES string of the molecule is CCOc1ccc(-c2nc(CN3C(=O)N[C@@H](Cc4ccccc4)C3=O)cs2)cc1OC. The van der Waals surface area contributed by atoms with Gasteiger partial charge in [0.1, 0.15) is 11.0 Å². The molecule has 1 aliphatic heterocycles. The molecule has 1 aliphatic rings. The zero-order chi connectivity index (χ0) is 21.8. The highest BCUT2D eigenvalue weighted by Gasteiger charge is 2.38. The fourth-order valence-corrected chi connectivity index (χ4v) is 4.27. The number of urea groups is 1. The van der Waals surface area contributed by atoms with E-state index in [1.807, 2.05) is 60.8 Å². The van der Waals surface area contributed by atoms with Gasteiger partial charge in [-0.15, -0.1) is 11.3 Å². The van der Waals surface area contributed by atoms with E-state index in [-0.39, 0.29) is 18.5 Å². The monoisotopic (exact) mass is 437 g/mol. The number of ether oxygens (including phenoxy) is 2. The Morgan fingerprint density at radius 1 is 1.13 bits per heavy atom. The van der Waals surface area contributed by atoms with Crippen LogP contribution in [0.25, 0.3) is 10.6 Å². The van der Waals surface area contributed by atoms with Crippen molar-refractivity contribution in [2.45, 2.75) is 25.9 Å². The number of amides is 3. The van der Waals surface area contributed by atoms with Gasteiger partial charge in [0.05, 0.1) is 26.0 Å². The topological polar surface area (TPSA) is 80.8 Å². The summed E-state index contributed by atoms with van der Waals surface area (Å²) in [6, 6.07) is 14.3. The number of thiazole rings is 1. The minimum absolute atomic E-state index is 0.140. The lowest BCUT2D eigenvalue weighted by molar-refractivity contribution is -0.127. The second-order valence-corrected chi connectivity index (χ2v) is 7.92. The molecule has 2 heterocycles. The Hall–Kier alpha value is -3.39. The lowest BCUT2D eigenvalue weighted by Gasteiger charge is -2.11. The Labute approximate surface area is 184 Å². The molecular weight excluding hydrogens is 414 g/mol. The Balaban J connectivity index is 1.46. The number of hydrogen-bond donors (Lipinski definition) is 1. The first kappa shape index (κ1) is 20.9. The molecule has 0 saturated carbocycles. The molecule has 3 amide bonds. The number of hydrogen-bond acceptors (Lipinski definition) is 6. The van der Waals surface area contributed by atoms with Gasteiger partial charge in [-0.1, -0.05) is 30.3 Å². The fourth-order valence-electron chi connectivity index (χ4n) is 3.46. The largest absolute Gasteiger partial charge is 0.493 e. The summed E-state index contributed by atoms with van der Waals surface area (Å²) in [5.74, 6) is 1.08. The second-order valence-electron chi connectivity index (χ2n) is 7.06. The molecule has 0 spiro atoms. The van der Waals surface area contributed by atoms with E-state index in [9.17, 15) is 9.59 Å². The van der Waals surface area contributed by atoms with Crippen molar-refractivity contribution < 1.29 is 19.1 Å². The molecule has 1 N–H and O–H groups in total. The summed E-state index contributed by atoms with van der Waals surface area (Å²) < 4.78 is 11.0. The molecular formula is C23H23N3O4S. The number of benzene rings is 2. The zero-order valence-corrected chi connectivity index (χ0v) is 18.1. The fraction of sp³-hybridized carbons (Fsp3) is 0.261. The van der Waals surface area contributed by atoms with Gasteiger partial charge in [-0.05, 0) is 30.7 Å². The molecule has 1 saturated heterocycles. The number of methoxy groups -OCH3 is 1. The summed E-state index contributed by atoms with van der Waals surface area (Å²) in [5, 5.41) is 5.42. The maximum absolute atomic E-state index is 12.8. The number of rotatable bonds is 8. The molecule has 2 aromatic carbocycles. The van der Waals surface area contributed by atoms with E-state index in [0.29, 0.717) is 30.2 Å². The minimum atomic E-state index is -0.552. The van der Waals surface area contributed by atoms with Crippen LogP contribution in [0.3, 0.4) is 0 Å². The first-order valence-corrected chi connectivity index (χ1v) is 10.9. The molecule has 0 bridgehead atoms. The van der Waals surface area contributed by atoms with Gasteiger partial charge < -0.3 is 14.8 Å². The van der Waals surface area contributed by atoms with Crippen LogP contribution in [-0.4, -0.2) is 41.6 Å². The molecule has 160 valence electrons. The van der Waals surface area contributed by atoms with E-state index >= 15 is 0 Å². The lowest BCUT2D eigenvalue weighted by Crippen LogP contribution is -2.32. The third-order valence-electron chi connectivity index (χ3n) is 4.97. The number of aromatic nitrogens is 1. The summed E-state index contributed by atoms with van der Waals surface area (Å²) >= 11 is 1.45. The Morgan fingerprint density at radius 2 is 1.94 bits per heavy atom. The van der Waals surface area contributed by atoms with Gasteiger partial charge in [-0.3, -0.25) is 9.69 Å². The molecule has 31 heavy (non-hydrogen) atoms. The Morgan fingerprint density at radius 3 is 2.68 bits per heavy atom. The summed E-state index contributed by atoms with van der Waals surface area (Å²) in [7, 11) is 1.60. The zero-order valence-electron chi connectivity index (χ0n) is 17.3. The Kier molecular flexibility index (Phi) is 6.18. The number of nitrogens with one attached hydrogen (secondary N) is 1. The molecule has 8 heteroatoms. The molecule has 3 aromatic rings. The normalized spacial score (nSPS) is 15.8. The van der Waals surface area contributed by atoms with E-state index in [0.717, 1.165) is 16.1 Å². The van der Waals surface area contributed by atoms with Gasteiger partial charge in [0, 0.05) is 17.4 Å². The van der Waals surface area contributed by atoms with Crippen LogP contribution in [0.2, 0.25) is 0 Å². The van der Waals surface area contributed by atoms with E-state index < -0.39 is 6.04 Å². The molecule has 7 nitrogen and oxygen atoms in total. The van der Waals surface area contributed by atoms with Gasteiger partial charge in [0.2, 0.25) is 0 Å². The third-order valence-corrected chi connectivity index (χ3v) is 5.91. The van der Waals surface area contributed by atoms with Crippen molar-refractivity contribution in [1.82, 2.24) is 15.2 Å². The second kappa shape index (κ2) is 9.18. The third kappa shape index (κ3) is 4.54. The van der Waals surface area contributed by atoms with Gasteiger partial charge in [0.25, 0.3) is 5.91 Å². The van der Waals surface area contributed by atoms with Crippen LogP contribution in [0.5, 0.6) is 11.5 Å². The van der Waals surface area contributed by atoms with Crippen LogP contribution in [0.4, 0.5) is 4.79 Å². The summed E-state index contributed by atoms with van der Waals surface area (Å²) in [4.78, 5) is 31.0. The van der Waals surface area contributed by atoms with Crippen molar-refractivity contribution in [3.05, 3.63) is 65.2 Å². The van der Waals surface area contributed by atoms with Crippen LogP contribution in [-0.2, 0) is 17.8 Å². The number of carbonyl (C=O) groups is 2. The average Bonchev–Trinajstić information content (AvgIpc) is 3.35. The average molecular weight is 438 g/mol. The number of imide groups is 1. The maximum atomic E-state index is 12.8. The van der Waals surface area contributed by atoms with Crippen molar-refractivity contribution in [3.8, 4) is 22.1 Å². The predicted molar refractivity (Wildman–Crippen MR) is 118 cm³/mol. The summed E-state index contributed by atoms with van der Waals surface area (Å²) in [5.41, 5.74) is 2.55. The van der Waals surface area contributed by atoms with Crippen molar-refractivity contribution in [2.75, 3.05) is 13.7 Å². The highest BCUT2D eigenvalue weighted by molar-refractivity contribution is 7.13. The number of carbonyl (C=O) groups excluding carboxylic acids is 2. The first-order valence-electron chi connectivity index (χ1n) is 10.0. The van der Waals surface area contributed by atoms with Crippen LogP contribution in [0.1, 0.15) is 18.2 Å². The molecule has 1 fully saturated rings. The van der Waals surface area contributed by atoms with Crippen LogP contribution >= 0.6 is 11.3 Å². The molecule has 0 radical (unpaired) electrons. The maximum Gasteiger partial charge on any atom is 0.325 e. The quantitative estimate of drug-likeness (QED) is 0.541. The molecule has 1 aromatic heterocycles. The van der Waals surface area contributed by atoms with Crippen molar-refractivity contribution in [3.63, 3.8) is 0 Å². The minimum Gasteiger partial charge on any atom is -0.493 e. The van der Waals surface area contributed by atoms with E-state index in [1.165, 1.54) is 16.2 Å². The first-order chi connectivity index (χ1) is 15.1. The highest BCUT2D eigenvalue weighted by Crippen LogP contribution is 2.34. The smallest absolute Gasteiger partial charge is 0.325 e. The van der Waals surface area contributed by atoms with E-state index in [4.69, 9.17) is 9.47 Å². The van der Waals surface area contributed by atoms with Crippen molar-refractivity contribution >= 4 is 23.3 Å². The Bertz CT molecular complexity index is 1080. The van der Waals surface area contributed by atoms with Crippen LogP contribution in [0.15, 0.2) is 53.9 Å². The van der Waals surface area contributed by atoms with Gasteiger partial charge in [-0.25, -0.2) is 9.78 Å². The summed E-state index contributed by atoms with van der Waals surface area (Å²) in [6.45, 7) is 2.61. The molecule has 1 atom stereocenters. The van der Waals surface area contributed by atoms with Gasteiger partial charge in [-0.2, -0.15) is 0 Å². The molecule has 4 rings (SSSR count). The van der Waals surface area contributed by atoms with Gasteiger partial charge >= 0.3 is 6.03 Å². The van der Waals surface area contributed by atoms with Crippen molar-refractivity contribution in [1.29, 1.82) is 0 Å². The summed E-state index contributed by atoms with van der Waals surface area (Å²) in [6.07, 6.45) is 0.468. The lowest BCUT2D eigenvalue weighted by atomic mass is 10.1. The van der Waals surface area contributed by atoms with E-state index in [2.05, 4.69) is 10.3 Å². The van der Waals surface area contributed by atoms with Crippen LogP contribution in [0, 0.1) is 0 Å². The van der Waals surface area contributed by atoms with Crippen molar-refractivity contribution in [2.24, 2.45) is 0 Å². The predicted octanol–water partition coefficient (Wildman–Crippen LogP) is 3.88.